The van der Waals surface area contributed by atoms with Gasteiger partial charge in [-0.05, 0) is 49.6 Å². The van der Waals surface area contributed by atoms with Gasteiger partial charge in [0.05, 0.1) is 7.11 Å². The van der Waals surface area contributed by atoms with E-state index < -0.39 is 0 Å². The Kier molecular flexibility index (Phi) is 3.87. The molecule has 2 atom stereocenters. The van der Waals surface area contributed by atoms with Gasteiger partial charge in [-0.1, -0.05) is 17.8 Å². The fraction of sp³-hybridized carbons (Fsp3) is 0.375. The summed E-state index contributed by atoms with van der Waals surface area (Å²) in [4.78, 5) is 9.00. The van der Waals surface area contributed by atoms with E-state index in [1.807, 2.05) is 32.0 Å². The zero-order valence-electron chi connectivity index (χ0n) is 12.5. The summed E-state index contributed by atoms with van der Waals surface area (Å²) in [5.74, 6) is 0.859. The number of ether oxygens (including phenoxy) is 1. The summed E-state index contributed by atoms with van der Waals surface area (Å²) in [5.41, 5.74) is 10.9. The summed E-state index contributed by atoms with van der Waals surface area (Å²) < 4.78 is 5.29. The summed E-state index contributed by atoms with van der Waals surface area (Å²) in [7, 11) is 1.68. The topological polar surface area (TPSA) is 61.0 Å². The molecule has 1 aliphatic rings. The monoisotopic (exact) mass is 301 g/mol. The lowest BCUT2D eigenvalue weighted by atomic mass is 10.1. The van der Waals surface area contributed by atoms with Gasteiger partial charge in [0.25, 0.3) is 0 Å². The van der Waals surface area contributed by atoms with Crippen LogP contribution in [0.5, 0.6) is 5.75 Å². The van der Waals surface area contributed by atoms with E-state index in [0.717, 1.165) is 28.7 Å². The molecule has 1 aliphatic carbocycles. The van der Waals surface area contributed by atoms with Gasteiger partial charge in [-0.25, -0.2) is 9.97 Å². The number of aryl methyl sites for hydroxylation is 2. The lowest BCUT2D eigenvalue weighted by Gasteiger charge is -2.15. The molecule has 110 valence electrons. The van der Waals surface area contributed by atoms with Gasteiger partial charge in [-0.3, -0.25) is 0 Å². The van der Waals surface area contributed by atoms with Gasteiger partial charge >= 0.3 is 0 Å². The van der Waals surface area contributed by atoms with E-state index in [1.165, 1.54) is 11.1 Å². The molecule has 1 aromatic heterocycles. The zero-order chi connectivity index (χ0) is 15.0. The SMILES string of the molecule is COc1ccc2c(c1)C(N)C(Sc1nc(C)cc(C)n1)C2. The number of fused-ring (bicyclic) bond motifs is 1. The Morgan fingerprint density at radius 3 is 2.57 bits per heavy atom. The van der Waals surface area contributed by atoms with E-state index >= 15 is 0 Å². The minimum atomic E-state index is -0.00971. The first-order chi connectivity index (χ1) is 10.1. The highest BCUT2D eigenvalue weighted by atomic mass is 32.2. The van der Waals surface area contributed by atoms with Crippen LogP contribution in [0.4, 0.5) is 0 Å². The quantitative estimate of drug-likeness (QED) is 0.883. The second-order valence-electron chi connectivity index (χ2n) is 5.38. The number of thioether (sulfide) groups is 1. The van der Waals surface area contributed by atoms with E-state index in [9.17, 15) is 0 Å². The molecule has 3 rings (SSSR count). The second-order valence-corrected chi connectivity index (χ2v) is 6.59. The van der Waals surface area contributed by atoms with E-state index in [2.05, 4.69) is 16.0 Å². The minimum absolute atomic E-state index is 0.00971. The molecule has 1 heterocycles. The molecule has 1 aromatic carbocycles. The van der Waals surface area contributed by atoms with Gasteiger partial charge in [0.1, 0.15) is 5.75 Å². The summed E-state index contributed by atoms with van der Waals surface area (Å²) >= 11 is 1.67. The molecule has 0 amide bonds. The maximum Gasteiger partial charge on any atom is 0.188 e. The Hall–Kier alpha value is -1.59. The van der Waals surface area contributed by atoms with Crippen LogP contribution in [0.3, 0.4) is 0 Å². The van der Waals surface area contributed by atoms with Gasteiger partial charge in [0, 0.05) is 22.7 Å². The highest BCUT2D eigenvalue weighted by Crippen LogP contribution is 2.40. The average Bonchev–Trinajstić information content (AvgIpc) is 2.74. The van der Waals surface area contributed by atoms with E-state index in [1.54, 1.807) is 18.9 Å². The van der Waals surface area contributed by atoms with Crippen LogP contribution in [0, 0.1) is 13.8 Å². The Balaban J connectivity index is 1.82. The third kappa shape index (κ3) is 2.89. The molecular weight excluding hydrogens is 282 g/mol. The molecule has 21 heavy (non-hydrogen) atoms. The van der Waals surface area contributed by atoms with E-state index in [4.69, 9.17) is 10.5 Å². The molecule has 0 spiro atoms. The van der Waals surface area contributed by atoms with Crippen molar-refractivity contribution >= 4 is 11.8 Å². The standard InChI is InChI=1S/C16H19N3OS/c1-9-6-10(2)19-16(18-9)21-14-7-11-4-5-12(20-3)8-13(11)15(14)17/h4-6,8,14-15H,7,17H2,1-3H3. The summed E-state index contributed by atoms with van der Waals surface area (Å²) in [6.07, 6.45) is 0.946. The predicted octanol–water partition coefficient (Wildman–Crippen LogP) is 2.82. The van der Waals surface area contributed by atoms with Crippen LogP contribution in [-0.2, 0) is 6.42 Å². The Bertz CT molecular complexity index is 654. The smallest absolute Gasteiger partial charge is 0.188 e. The van der Waals surface area contributed by atoms with Crippen LogP contribution in [0.15, 0.2) is 29.4 Å². The Morgan fingerprint density at radius 2 is 1.90 bits per heavy atom. The van der Waals surface area contributed by atoms with E-state index in [-0.39, 0.29) is 11.3 Å². The maximum atomic E-state index is 6.41. The van der Waals surface area contributed by atoms with Gasteiger partial charge in [-0.15, -0.1) is 0 Å². The highest BCUT2D eigenvalue weighted by Gasteiger charge is 2.31. The van der Waals surface area contributed by atoms with Crippen molar-refractivity contribution in [2.45, 2.75) is 36.7 Å². The van der Waals surface area contributed by atoms with Crippen LogP contribution in [0.2, 0.25) is 0 Å². The fourth-order valence-electron chi connectivity index (χ4n) is 2.74. The van der Waals surface area contributed by atoms with Crippen molar-refractivity contribution in [3.05, 3.63) is 46.8 Å². The Labute approximate surface area is 129 Å². The summed E-state index contributed by atoms with van der Waals surface area (Å²) in [6.45, 7) is 3.99. The van der Waals surface area contributed by atoms with Crippen molar-refractivity contribution in [1.82, 2.24) is 9.97 Å². The normalized spacial score (nSPS) is 20.4. The Morgan fingerprint density at radius 1 is 1.19 bits per heavy atom. The highest BCUT2D eigenvalue weighted by molar-refractivity contribution is 7.99. The number of hydrogen-bond donors (Lipinski definition) is 1. The molecule has 0 radical (unpaired) electrons. The van der Waals surface area contributed by atoms with Gasteiger partial charge in [-0.2, -0.15) is 0 Å². The maximum absolute atomic E-state index is 6.41. The molecule has 2 unspecified atom stereocenters. The molecule has 0 aliphatic heterocycles. The average molecular weight is 301 g/mol. The van der Waals surface area contributed by atoms with Crippen LogP contribution in [0.25, 0.3) is 0 Å². The van der Waals surface area contributed by atoms with Crippen molar-refractivity contribution in [1.29, 1.82) is 0 Å². The van der Waals surface area contributed by atoms with Crippen molar-refractivity contribution in [3.63, 3.8) is 0 Å². The molecule has 0 bridgehead atoms. The summed E-state index contributed by atoms with van der Waals surface area (Å²) in [5, 5.41) is 1.08. The first-order valence-corrected chi connectivity index (χ1v) is 7.86. The molecule has 2 N–H and O–H groups in total. The second kappa shape index (κ2) is 5.66. The molecule has 5 heteroatoms. The van der Waals surface area contributed by atoms with Crippen LogP contribution in [0.1, 0.15) is 28.6 Å². The number of benzene rings is 1. The molecule has 2 aromatic rings. The zero-order valence-corrected chi connectivity index (χ0v) is 13.3. The largest absolute Gasteiger partial charge is 0.497 e. The molecule has 4 nitrogen and oxygen atoms in total. The predicted molar refractivity (Wildman–Crippen MR) is 84.8 cm³/mol. The minimum Gasteiger partial charge on any atom is -0.497 e. The van der Waals surface area contributed by atoms with Crippen molar-refractivity contribution in [2.24, 2.45) is 5.73 Å². The number of nitrogens with zero attached hydrogens (tertiary/aromatic N) is 2. The third-order valence-electron chi connectivity index (χ3n) is 3.75. The first kappa shape index (κ1) is 14.4. The van der Waals surface area contributed by atoms with Crippen molar-refractivity contribution < 1.29 is 4.74 Å². The molecule has 0 saturated carbocycles. The van der Waals surface area contributed by atoms with E-state index in [0.29, 0.717) is 0 Å². The number of nitrogens with two attached hydrogens (primary N) is 1. The lowest BCUT2D eigenvalue weighted by molar-refractivity contribution is 0.414. The van der Waals surface area contributed by atoms with Crippen molar-refractivity contribution in [3.8, 4) is 5.75 Å². The third-order valence-corrected chi connectivity index (χ3v) is 4.91. The van der Waals surface area contributed by atoms with Gasteiger partial charge < -0.3 is 10.5 Å². The van der Waals surface area contributed by atoms with Gasteiger partial charge in [0.2, 0.25) is 0 Å². The lowest BCUT2D eigenvalue weighted by Crippen LogP contribution is -2.19. The number of hydrogen-bond acceptors (Lipinski definition) is 5. The number of rotatable bonds is 3. The molecular formula is C16H19N3OS. The number of methoxy groups -OCH3 is 1. The van der Waals surface area contributed by atoms with Crippen LogP contribution < -0.4 is 10.5 Å². The summed E-state index contributed by atoms with van der Waals surface area (Å²) in [6, 6.07) is 8.12. The molecule has 0 saturated heterocycles. The van der Waals surface area contributed by atoms with Gasteiger partial charge in [0.15, 0.2) is 5.16 Å². The fourth-order valence-corrected chi connectivity index (χ4v) is 3.96. The van der Waals surface area contributed by atoms with Crippen LogP contribution in [-0.4, -0.2) is 22.3 Å². The molecule has 0 fully saturated rings. The van der Waals surface area contributed by atoms with Crippen LogP contribution >= 0.6 is 11.8 Å². The first-order valence-electron chi connectivity index (χ1n) is 6.98. The van der Waals surface area contributed by atoms with Crippen molar-refractivity contribution in [2.75, 3.05) is 7.11 Å². The number of aromatic nitrogens is 2.